The van der Waals surface area contributed by atoms with Crippen LogP contribution in [0.2, 0.25) is 10.0 Å². The van der Waals surface area contributed by atoms with Gasteiger partial charge < -0.3 is 18.6 Å². The maximum absolute atomic E-state index is 13.8. The van der Waals surface area contributed by atoms with E-state index in [9.17, 15) is 22.8 Å². The second-order valence-electron chi connectivity index (χ2n) is 7.49. The second-order valence-corrected chi connectivity index (χ2v) is 8.31. The number of carbonyl (C=O) groups is 1. The number of benzene rings is 3. The van der Waals surface area contributed by atoms with E-state index in [1.165, 1.54) is 37.4 Å². The van der Waals surface area contributed by atoms with Gasteiger partial charge in [-0.05, 0) is 48.9 Å². The van der Waals surface area contributed by atoms with Crippen molar-refractivity contribution in [3.8, 4) is 23.0 Å². The highest BCUT2D eigenvalue weighted by Crippen LogP contribution is 2.39. The first-order valence-electron chi connectivity index (χ1n) is 10.2. The molecule has 0 aliphatic heterocycles. The molecule has 0 saturated carbocycles. The molecular weight excluding hydrogens is 524 g/mol. The highest BCUT2D eigenvalue weighted by Gasteiger charge is 2.40. The molecule has 0 aliphatic carbocycles. The molecule has 1 aromatic heterocycles. The van der Waals surface area contributed by atoms with E-state index in [0.717, 1.165) is 12.1 Å². The van der Waals surface area contributed by atoms with Crippen LogP contribution in [0.5, 0.6) is 23.0 Å². The van der Waals surface area contributed by atoms with Crippen LogP contribution in [0.25, 0.3) is 11.0 Å². The van der Waals surface area contributed by atoms with Crippen molar-refractivity contribution >= 4 is 40.1 Å². The summed E-state index contributed by atoms with van der Waals surface area (Å²) >= 11 is 12.1. The predicted molar refractivity (Wildman–Crippen MR) is 127 cm³/mol. The van der Waals surface area contributed by atoms with Crippen molar-refractivity contribution in [3.63, 3.8) is 0 Å². The summed E-state index contributed by atoms with van der Waals surface area (Å²) in [5, 5.41) is -0.149. The van der Waals surface area contributed by atoms with Crippen molar-refractivity contribution in [1.82, 2.24) is 0 Å². The highest BCUT2D eigenvalue weighted by molar-refractivity contribution is 6.37. The quantitative estimate of drug-likeness (QED) is 0.194. The minimum atomic E-state index is -5.05. The number of aryl methyl sites for hydroxylation is 1. The van der Waals surface area contributed by atoms with E-state index in [1.807, 2.05) is 0 Å². The number of halogens is 5. The van der Waals surface area contributed by atoms with Crippen molar-refractivity contribution in [2.45, 2.75) is 13.1 Å². The van der Waals surface area contributed by atoms with E-state index < -0.39 is 34.7 Å². The Morgan fingerprint density at radius 1 is 0.944 bits per heavy atom. The standard InChI is InChI=1S/C25H15Cl2F3O6/c1-12-4-3-5-13(10-12)34-22-20(31)15-7-6-14(11-18(15)36-23(22)25(28,29)30)35-24(32)19-16(26)8-9-17(27)21(19)33-2/h3-11H,1-2H3. The topological polar surface area (TPSA) is 75.0 Å². The lowest BCUT2D eigenvalue weighted by atomic mass is 10.1. The molecule has 4 rings (SSSR count). The number of rotatable bonds is 5. The molecule has 0 aliphatic rings. The molecule has 6 nitrogen and oxygen atoms in total. The summed E-state index contributed by atoms with van der Waals surface area (Å²) in [6, 6.07) is 12.3. The van der Waals surface area contributed by atoms with Crippen LogP contribution in [0.4, 0.5) is 13.2 Å². The number of carbonyl (C=O) groups excluding carboxylic acids is 1. The molecule has 4 aromatic rings. The second kappa shape index (κ2) is 9.75. The molecule has 0 amide bonds. The lowest BCUT2D eigenvalue weighted by Gasteiger charge is -2.14. The molecule has 0 radical (unpaired) electrons. The first kappa shape index (κ1) is 25.4. The lowest BCUT2D eigenvalue weighted by Crippen LogP contribution is -2.16. The van der Waals surface area contributed by atoms with Crippen LogP contribution in [-0.4, -0.2) is 13.1 Å². The van der Waals surface area contributed by atoms with E-state index in [0.29, 0.717) is 5.56 Å². The number of hydrogen-bond donors (Lipinski definition) is 0. The van der Waals surface area contributed by atoms with Crippen molar-refractivity contribution in [2.24, 2.45) is 0 Å². The average molecular weight is 539 g/mol. The zero-order valence-corrected chi connectivity index (χ0v) is 20.0. The first-order valence-corrected chi connectivity index (χ1v) is 10.9. The highest BCUT2D eigenvalue weighted by atomic mass is 35.5. The third kappa shape index (κ3) is 4.98. The zero-order valence-electron chi connectivity index (χ0n) is 18.5. The number of alkyl halides is 3. The summed E-state index contributed by atoms with van der Waals surface area (Å²) in [7, 11) is 1.27. The molecule has 0 atom stereocenters. The van der Waals surface area contributed by atoms with Gasteiger partial charge in [0.1, 0.15) is 22.6 Å². The van der Waals surface area contributed by atoms with Crippen LogP contribution in [0.15, 0.2) is 63.8 Å². The molecule has 0 unspecified atom stereocenters. The van der Waals surface area contributed by atoms with Crippen molar-refractivity contribution in [2.75, 3.05) is 7.11 Å². The normalized spacial score (nSPS) is 11.4. The molecule has 0 saturated heterocycles. The maximum Gasteiger partial charge on any atom is 0.453 e. The van der Waals surface area contributed by atoms with Crippen molar-refractivity contribution < 1.29 is 36.6 Å². The molecule has 0 spiro atoms. The summed E-state index contributed by atoms with van der Waals surface area (Å²) in [5.41, 5.74) is -0.999. The fourth-order valence-corrected chi connectivity index (χ4v) is 3.84. The smallest absolute Gasteiger partial charge is 0.453 e. The van der Waals surface area contributed by atoms with Crippen LogP contribution >= 0.6 is 23.2 Å². The fourth-order valence-electron chi connectivity index (χ4n) is 3.38. The van der Waals surface area contributed by atoms with Crippen molar-refractivity contribution in [3.05, 3.63) is 91.8 Å². The van der Waals surface area contributed by atoms with Gasteiger partial charge in [0.15, 0.2) is 5.75 Å². The summed E-state index contributed by atoms with van der Waals surface area (Å²) in [5.74, 6) is -3.86. The van der Waals surface area contributed by atoms with Gasteiger partial charge in [-0.15, -0.1) is 0 Å². The number of methoxy groups -OCH3 is 1. The Hall–Kier alpha value is -3.69. The molecule has 0 N–H and O–H groups in total. The van der Waals surface area contributed by atoms with Gasteiger partial charge in [0, 0.05) is 6.07 Å². The van der Waals surface area contributed by atoms with Crippen LogP contribution in [-0.2, 0) is 6.18 Å². The Balaban J connectivity index is 1.78. The van der Waals surface area contributed by atoms with E-state index in [2.05, 4.69) is 0 Å². The van der Waals surface area contributed by atoms with Crippen molar-refractivity contribution in [1.29, 1.82) is 0 Å². The van der Waals surface area contributed by atoms with Gasteiger partial charge >= 0.3 is 12.1 Å². The summed E-state index contributed by atoms with van der Waals surface area (Å²) in [4.78, 5) is 25.7. The molecular formula is C25H15Cl2F3O6. The molecule has 3 aromatic carbocycles. The Morgan fingerprint density at radius 3 is 2.33 bits per heavy atom. The lowest BCUT2D eigenvalue weighted by molar-refractivity contribution is -0.154. The van der Waals surface area contributed by atoms with Gasteiger partial charge in [0.05, 0.1) is 22.5 Å². The summed E-state index contributed by atoms with van der Waals surface area (Å²) in [6.07, 6.45) is -5.05. The minimum Gasteiger partial charge on any atom is -0.494 e. The summed E-state index contributed by atoms with van der Waals surface area (Å²) < 4.78 is 62.1. The number of hydrogen-bond acceptors (Lipinski definition) is 6. The largest absolute Gasteiger partial charge is 0.494 e. The maximum atomic E-state index is 13.8. The van der Waals surface area contributed by atoms with Crippen LogP contribution in [0.1, 0.15) is 21.7 Å². The Labute approximate surface area is 211 Å². The predicted octanol–water partition coefficient (Wildman–Crippen LogP) is 7.45. The molecule has 186 valence electrons. The molecule has 36 heavy (non-hydrogen) atoms. The fraction of sp³-hybridized carbons (Fsp3) is 0.120. The molecule has 11 heteroatoms. The Kier molecular flexibility index (Phi) is 6.88. The van der Waals surface area contributed by atoms with Gasteiger partial charge in [0.25, 0.3) is 5.76 Å². The van der Waals surface area contributed by atoms with Crippen LogP contribution in [0.3, 0.4) is 0 Å². The first-order chi connectivity index (χ1) is 17.0. The zero-order chi connectivity index (χ0) is 26.2. The third-order valence-corrected chi connectivity index (χ3v) is 5.58. The average Bonchev–Trinajstić information content (AvgIpc) is 2.81. The summed E-state index contributed by atoms with van der Waals surface area (Å²) in [6.45, 7) is 1.72. The number of ether oxygens (including phenoxy) is 3. The van der Waals surface area contributed by atoms with Crippen LogP contribution < -0.4 is 19.6 Å². The van der Waals surface area contributed by atoms with Gasteiger partial charge in [0.2, 0.25) is 11.2 Å². The molecule has 0 bridgehead atoms. The monoisotopic (exact) mass is 538 g/mol. The molecule has 0 fully saturated rings. The number of esters is 1. The van der Waals surface area contributed by atoms with Gasteiger partial charge in [-0.1, -0.05) is 35.3 Å². The molecule has 1 heterocycles. The van der Waals surface area contributed by atoms with E-state index >= 15 is 0 Å². The van der Waals surface area contributed by atoms with Crippen LogP contribution in [0, 0.1) is 6.92 Å². The number of fused-ring (bicyclic) bond motifs is 1. The minimum absolute atomic E-state index is 0.0223. The van der Waals surface area contributed by atoms with E-state index in [4.69, 9.17) is 41.8 Å². The Morgan fingerprint density at radius 2 is 1.67 bits per heavy atom. The van der Waals surface area contributed by atoms with Gasteiger partial charge in [-0.2, -0.15) is 13.2 Å². The van der Waals surface area contributed by atoms with Gasteiger partial charge in [-0.3, -0.25) is 4.79 Å². The SMILES string of the molecule is COc1c(Cl)ccc(Cl)c1C(=O)Oc1ccc2c(=O)c(Oc3cccc(C)c3)c(C(F)(F)F)oc2c1. The Bertz CT molecular complexity index is 1550. The third-order valence-electron chi connectivity index (χ3n) is 4.97. The van der Waals surface area contributed by atoms with E-state index in [-0.39, 0.29) is 38.2 Å². The van der Waals surface area contributed by atoms with E-state index in [1.54, 1.807) is 19.1 Å². The van der Waals surface area contributed by atoms with Gasteiger partial charge in [-0.25, -0.2) is 4.79 Å².